The molecule has 1 atom stereocenters. The van der Waals surface area contributed by atoms with E-state index in [2.05, 4.69) is 18.8 Å². The van der Waals surface area contributed by atoms with Gasteiger partial charge in [-0.2, -0.15) is 11.8 Å². The van der Waals surface area contributed by atoms with Crippen LogP contribution in [0.3, 0.4) is 0 Å². The van der Waals surface area contributed by atoms with E-state index in [1.165, 1.54) is 12.3 Å². The molecule has 0 aliphatic heterocycles. The fourth-order valence-corrected chi connectivity index (χ4v) is 1.81. The smallest absolute Gasteiger partial charge is 0.141 e. The minimum atomic E-state index is -0.326. The van der Waals surface area contributed by atoms with Gasteiger partial charge in [0.25, 0.3) is 0 Å². The monoisotopic (exact) mass is 214 g/mol. The summed E-state index contributed by atoms with van der Waals surface area (Å²) in [5, 5.41) is 0.544. The van der Waals surface area contributed by atoms with E-state index in [1.807, 2.05) is 0 Å². The average molecular weight is 214 g/mol. The van der Waals surface area contributed by atoms with Crippen molar-refractivity contribution >= 4 is 11.8 Å². The molecule has 0 bridgehead atoms. The van der Waals surface area contributed by atoms with Crippen molar-refractivity contribution < 1.29 is 4.39 Å². The topological polar surface area (TPSA) is 38.9 Å². The highest BCUT2D eigenvalue weighted by atomic mass is 32.2. The number of pyridine rings is 1. The maximum absolute atomic E-state index is 12.8. The van der Waals surface area contributed by atoms with Gasteiger partial charge in [0.15, 0.2) is 0 Å². The second-order valence-corrected chi connectivity index (χ2v) is 5.03. The number of thioether (sulfide) groups is 1. The Morgan fingerprint density at radius 2 is 2.21 bits per heavy atom. The summed E-state index contributed by atoms with van der Waals surface area (Å²) in [5.74, 6) is 0.468. The van der Waals surface area contributed by atoms with Crippen molar-refractivity contribution in [3.8, 4) is 0 Å². The number of hydrogen-bond donors (Lipinski definition) is 1. The molecule has 0 saturated heterocycles. The molecule has 4 heteroatoms. The summed E-state index contributed by atoms with van der Waals surface area (Å²) in [6, 6.07) is 1.31. The molecule has 14 heavy (non-hydrogen) atoms. The van der Waals surface area contributed by atoms with Gasteiger partial charge in [0.1, 0.15) is 5.82 Å². The first-order valence-corrected chi connectivity index (χ1v) is 5.62. The first-order chi connectivity index (χ1) is 6.59. The zero-order valence-corrected chi connectivity index (χ0v) is 9.22. The number of aromatic nitrogens is 1. The molecule has 0 radical (unpaired) electrons. The lowest BCUT2D eigenvalue weighted by Crippen LogP contribution is -2.14. The molecule has 1 rings (SSSR count). The lowest BCUT2D eigenvalue weighted by molar-refractivity contribution is 0.615. The highest BCUT2D eigenvalue weighted by Crippen LogP contribution is 2.18. The third kappa shape index (κ3) is 3.64. The van der Waals surface area contributed by atoms with Gasteiger partial charge in [-0.05, 0) is 16.9 Å². The van der Waals surface area contributed by atoms with E-state index in [4.69, 9.17) is 5.73 Å². The minimum absolute atomic E-state index is 0.134. The van der Waals surface area contributed by atoms with Gasteiger partial charge in [0.05, 0.1) is 6.20 Å². The predicted octanol–water partition coefficient (Wildman–Crippen LogP) is 2.36. The Bertz CT molecular complexity index is 291. The molecule has 1 aromatic rings. The third-order valence-electron chi connectivity index (χ3n) is 1.76. The summed E-state index contributed by atoms with van der Waals surface area (Å²) in [6.45, 7) is 4.22. The van der Waals surface area contributed by atoms with Crippen LogP contribution in [0.25, 0.3) is 0 Å². The van der Waals surface area contributed by atoms with Crippen molar-refractivity contribution in [2.45, 2.75) is 25.1 Å². The normalized spacial score (nSPS) is 13.2. The summed E-state index contributed by atoms with van der Waals surface area (Å²) in [5.41, 5.74) is 6.65. The van der Waals surface area contributed by atoms with Crippen molar-refractivity contribution in [1.82, 2.24) is 4.98 Å². The number of nitrogens with zero attached hydrogens (tertiary/aromatic N) is 1. The van der Waals surface area contributed by atoms with Gasteiger partial charge < -0.3 is 5.73 Å². The highest BCUT2D eigenvalue weighted by molar-refractivity contribution is 7.99. The van der Waals surface area contributed by atoms with Crippen LogP contribution in [0, 0.1) is 5.82 Å². The fourth-order valence-electron chi connectivity index (χ4n) is 1.02. The molecule has 0 aliphatic carbocycles. The summed E-state index contributed by atoms with van der Waals surface area (Å²) in [7, 11) is 0. The van der Waals surface area contributed by atoms with E-state index >= 15 is 0 Å². The lowest BCUT2D eigenvalue weighted by atomic mass is 10.1. The van der Waals surface area contributed by atoms with Crippen LogP contribution in [-0.4, -0.2) is 16.0 Å². The first kappa shape index (κ1) is 11.5. The van der Waals surface area contributed by atoms with Crippen LogP contribution in [0.15, 0.2) is 18.5 Å². The van der Waals surface area contributed by atoms with E-state index < -0.39 is 0 Å². The Morgan fingerprint density at radius 1 is 1.50 bits per heavy atom. The van der Waals surface area contributed by atoms with E-state index in [0.29, 0.717) is 5.25 Å². The van der Waals surface area contributed by atoms with Crippen molar-refractivity contribution in [2.24, 2.45) is 5.73 Å². The Balaban J connectivity index is 2.56. The first-order valence-electron chi connectivity index (χ1n) is 4.57. The minimum Gasteiger partial charge on any atom is -0.323 e. The Morgan fingerprint density at radius 3 is 2.79 bits per heavy atom. The van der Waals surface area contributed by atoms with Crippen molar-refractivity contribution in [2.75, 3.05) is 5.75 Å². The largest absolute Gasteiger partial charge is 0.323 e. The highest BCUT2D eigenvalue weighted by Gasteiger charge is 2.08. The van der Waals surface area contributed by atoms with Gasteiger partial charge in [-0.25, -0.2) is 4.39 Å². The zero-order chi connectivity index (χ0) is 10.6. The maximum Gasteiger partial charge on any atom is 0.141 e. The number of halogens is 1. The molecule has 1 unspecified atom stereocenters. The molecule has 78 valence electrons. The number of rotatable bonds is 4. The summed E-state index contributed by atoms with van der Waals surface area (Å²) >= 11 is 1.76. The number of nitrogens with two attached hydrogens (primary N) is 1. The standard InChI is InChI=1S/C10H15FN2S/c1-7(2)14-6-10(12)8-3-9(11)5-13-4-8/h3-5,7,10H,6,12H2,1-2H3. The Labute approximate surface area is 88.1 Å². The Hall–Kier alpha value is -0.610. The van der Waals surface area contributed by atoms with Crippen LogP contribution >= 0.6 is 11.8 Å². The maximum atomic E-state index is 12.8. The van der Waals surface area contributed by atoms with E-state index in [9.17, 15) is 4.39 Å². The SMILES string of the molecule is CC(C)SCC(N)c1cncc(F)c1. The van der Waals surface area contributed by atoms with Crippen LogP contribution in [-0.2, 0) is 0 Å². The van der Waals surface area contributed by atoms with Crippen LogP contribution in [0.5, 0.6) is 0 Å². The van der Waals surface area contributed by atoms with Gasteiger partial charge >= 0.3 is 0 Å². The van der Waals surface area contributed by atoms with Gasteiger partial charge in [0.2, 0.25) is 0 Å². The van der Waals surface area contributed by atoms with E-state index in [-0.39, 0.29) is 11.9 Å². The van der Waals surface area contributed by atoms with E-state index in [1.54, 1.807) is 18.0 Å². The molecular weight excluding hydrogens is 199 g/mol. The summed E-state index contributed by atoms with van der Waals surface area (Å²) in [6.07, 6.45) is 2.81. The molecule has 0 fully saturated rings. The Kier molecular flexibility index (Phi) is 4.35. The van der Waals surface area contributed by atoms with Crippen LogP contribution in [0.1, 0.15) is 25.5 Å². The molecule has 1 aromatic heterocycles. The zero-order valence-electron chi connectivity index (χ0n) is 8.40. The predicted molar refractivity (Wildman–Crippen MR) is 58.7 cm³/mol. The van der Waals surface area contributed by atoms with Gasteiger partial charge in [0, 0.05) is 18.0 Å². The van der Waals surface area contributed by atoms with Crippen LogP contribution in [0.4, 0.5) is 4.39 Å². The van der Waals surface area contributed by atoms with Crippen molar-refractivity contribution in [3.05, 3.63) is 29.8 Å². The summed E-state index contributed by atoms with van der Waals surface area (Å²) < 4.78 is 12.8. The second kappa shape index (κ2) is 5.32. The molecule has 1 heterocycles. The fraction of sp³-hybridized carbons (Fsp3) is 0.500. The molecule has 0 spiro atoms. The van der Waals surface area contributed by atoms with Gasteiger partial charge in [-0.1, -0.05) is 13.8 Å². The van der Waals surface area contributed by atoms with Crippen LogP contribution in [0.2, 0.25) is 0 Å². The molecule has 0 saturated carbocycles. The second-order valence-electron chi connectivity index (χ2n) is 3.43. The van der Waals surface area contributed by atoms with Crippen molar-refractivity contribution in [3.63, 3.8) is 0 Å². The third-order valence-corrected chi connectivity index (χ3v) is 2.98. The molecule has 2 N–H and O–H groups in total. The van der Waals surface area contributed by atoms with Gasteiger partial charge in [-0.15, -0.1) is 0 Å². The van der Waals surface area contributed by atoms with Crippen molar-refractivity contribution in [1.29, 1.82) is 0 Å². The summed E-state index contributed by atoms with van der Waals surface area (Å²) in [4.78, 5) is 3.77. The average Bonchev–Trinajstić information content (AvgIpc) is 2.14. The molecule has 0 aromatic carbocycles. The molecule has 0 amide bonds. The quantitative estimate of drug-likeness (QED) is 0.836. The number of hydrogen-bond acceptors (Lipinski definition) is 3. The van der Waals surface area contributed by atoms with Gasteiger partial charge in [-0.3, -0.25) is 4.98 Å². The molecule has 2 nitrogen and oxygen atoms in total. The van der Waals surface area contributed by atoms with Crippen LogP contribution < -0.4 is 5.73 Å². The molecule has 0 aliphatic rings. The molecular formula is C10H15FN2S. The van der Waals surface area contributed by atoms with E-state index in [0.717, 1.165) is 11.3 Å². The lowest BCUT2D eigenvalue weighted by Gasteiger charge is -2.12.